The van der Waals surface area contributed by atoms with Crippen LogP contribution in [0.2, 0.25) is 0 Å². The van der Waals surface area contributed by atoms with E-state index in [2.05, 4.69) is 4.98 Å². The molecule has 0 unspecified atom stereocenters. The van der Waals surface area contributed by atoms with Gasteiger partial charge in [0, 0.05) is 17.8 Å². The lowest BCUT2D eigenvalue weighted by Crippen LogP contribution is -2.22. The zero-order valence-electron chi connectivity index (χ0n) is 8.35. The molecule has 0 aliphatic carbocycles. The van der Waals surface area contributed by atoms with Gasteiger partial charge >= 0.3 is 0 Å². The van der Waals surface area contributed by atoms with Gasteiger partial charge in [-0.2, -0.15) is 0 Å². The van der Waals surface area contributed by atoms with E-state index in [1.165, 1.54) is 0 Å². The van der Waals surface area contributed by atoms with Crippen molar-refractivity contribution in [2.24, 2.45) is 5.73 Å². The molecule has 84 valence electrons. The molecular formula is C9H14N2O2S2. The van der Waals surface area contributed by atoms with Gasteiger partial charge in [-0.15, -0.1) is 11.3 Å². The molecule has 2 heterocycles. The summed E-state index contributed by atoms with van der Waals surface area (Å²) in [5, 5.41) is 2.93. The van der Waals surface area contributed by atoms with Crippen molar-refractivity contribution in [1.82, 2.24) is 4.98 Å². The van der Waals surface area contributed by atoms with Crippen LogP contribution in [0.1, 0.15) is 29.5 Å². The van der Waals surface area contributed by atoms with Crippen LogP contribution >= 0.6 is 11.3 Å². The van der Waals surface area contributed by atoms with Gasteiger partial charge in [0.1, 0.15) is 14.8 Å². The normalized spacial score (nSPS) is 21.7. The summed E-state index contributed by atoms with van der Waals surface area (Å²) in [5.74, 6) is 0.908. The highest BCUT2D eigenvalue weighted by Gasteiger charge is 2.25. The van der Waals surface area contributed by atoms with Crippen molar-refractivity contribution in [3.05, 3.63) is 16.1 Å². The Kier molecular flexibility index (Phi) is 3.08. The zero-order valence-corrected chi connectivity index (χ0v) is 9.98. The summed E-state index contributed by atoms with van der Waals surface area (Å²) in [6.45, 7) is 0.468. The number of thiazole rings is 1. The number of hydrogen-bond donors (Lipinski definition) is 1. The zero-order chi connectivity index (χ0) is 10.9. The standard InChI is InChI=1S/C9H14N2O2S2/c10-5-9-11-8(6-14-9)7-1-3-15(12,13)4-2-7/h6-7H,1-5,10H2. The average molecular weight is 246 g/mol. The van der Waals surface area contributed by atoms with Crippen LogP contribution < -0.4 is 5.73 Å². The molecule has 2 rings (SSSR count). The molecular weight excluding hydrogens is 232 g/mol. The largest absolute Gasteiger partial charge is 0.325 e. The molecule has 0 spiro atoms. The van der Waals surface area contributed by atoms with Crippen LogP contribution in [0.15, 0.2) is 5.38 Å². The van der Waals surface area contributed by atoms with E-state index in [1.807, 2.05) is 5.38 Å². The maximum atomic E-state index is 11.3. The van der Waals surface area contributed by atoms with Crippen molar-refractivity contribution in [2.75, 3.05) is 11.5 Å². The van der Waals surface area contributed by atoms with Crippen LogP contribution in [0.25, 0.3) is 0 Å². The Morgan fingerprint density at radius 1 is 1.47 bits per heavy atom. The number of nitrogens with two attached hydrogens (primary N) is 1. The third-order valence-electron chi connectivity index (χ3n) is 2.72. The summed E-state index contributed by atoms with van der Waals surface area (Å²) in [7, 11) is -2.77. The summed E-state index contributed by atoms with van der Waals surface area (Å²) in [6.07, 6.45) is 1.41. The second-order valence-electron chi connectivity index (χ2n) is 3.80. The second-order valence-corrected chi connectivity index (χ2v) is 7.04. The van der Waals surface area contributed by atoms with Crippen LogP contribution in [0.4, 0.5) is 0 Å². The number of aromatic nitrogens is 1. The fourth-order valence-electron chi connectivity index (χ4n) is 1.79. The quantitative estimate of drug-likeness (QED) is 0.841. The van der Waals surface area contributed by atoms with Crippen LogP contribution in [-0.4, -0.2) is 24.9 Å². The summed E-state index contributed by atoms with van der Waals surface area (Å²) in [5.41, 5.74) is 6.51. The minimum Gasteiger partial charge on any atom is -0.325 e. The molecule has 6 heteroatoms. The number of sulfone groups is 1. The van der Waals surface area contributed by atoms with Gasteiger partial charge in [-0.05, 0) is 12.8 Å². The Bertz CT molecular complexity index is 425. The molecule has 1 aromatic heterocycles. The van der Waals surface area contributed by atoms with E-state index in [-0.39, 0.29) is 0 Å². The average Bonchev–Trinajstić information content (AvgIpc) is 2.66. The molecule has 1 aliphatic heterocycles. The Balaban J connectivity index is 2.07. The van der Waals surface area contributed by atoms with Crippen molar-refractivity contribution >= 4 is 21.2 Å². The van der Waals surface area contributed by atoms with E-state index in [0.29, 0.717) is 36.8 Å². The van der Waals surface area contributed by atoms with Crippen LogP contribution in [0, 0.1) is 0 Å². The van der Waals surface area contributed by atoms with Crippen molar-refractivity contribution in [2.45, 2.75) is 25.3 Å². The maximum Gasteiger partial charge on any atom is 0.150 e. The SMILES string of the molecule is NCc1nc(C2CCS(=O)(=O)CC2)cs1. The summed E-state index contributed by atoms with van der Waals surface area (Å²) >= 11 is 1.56. The Morgan fingerprint density at radius 3 is 2.67 bits per heavy atom. The topological polar surface area (TPSA) is 73.0 Å². The summed E-state index contributed by atoms with van der Waals surface area (Å²) < 4.78 is 22.5. The fourth-order valence-corrected chi connectivity index (χ4v) is 4.04. The van der Waals surface area contributed by atoms with Gasteiger partial charge in [0.15, 0.2) is 0 Å². The molecule has 0 atom stereocenters. The number of hydrogen-bond acceptors (Lipinski definition) is 5. The maximum absolute atomic E-state index is 11.3. The smallest absolute Gasteiger partial charge is 0.150 e. The molecule has 2 N–H and O–H groups in total. The van der Waals surface area contributed by atoms with Gasteiger partial charge < -0.3 is 5.73 Å². The number of rotatable bonds is 2. The highest BCUT2D eigenvalue weighted by molar-refractivity contribution is 7.91. The van der Waals surface area contributed by atoms with E-state index in [0.717, 1.165) is 10.7 Å². The minimum atomic E-state index is -2.77. The molecule has 0 aromatic carbocycles. The van der Waals surface area contributed by atoms with Gasteiger partial charge in [0.25, 0.3) is 0 Å². The molecule has 0 amide bonds. The molecule has 1 aliphatic rings. The van der Waals surface area contributed by atoms with Gasteiger partial charge in [-0.3, -0.25) is 0 Å². The Hall–Kier alpha value is -0.460. The molecule has 4 nitrogen and oxygen atoms in total. The minimum absolute atomic E-state index is 0.299. The second kappa shape index (κ2) is 4.19. The lowest BCUT2D eigenvalue weighted by Gasteiger charge is -2.19. The molecule has 0 radical (unpaired) electrons. The predicted octanol–water partition coefficient (Wildman–Crippen LogP) is 0.894. The van der Waals surface area contributed by atoms with E-state index >= 15 is 0 Å². The van der Waals surface area contributed by atoms with Gasteiger partial charge in [-0.25, -0.2) is 13.4 Å². The first kappa shape index (κ1) is 11.0. The first-order valence-corrected chi connectivity index (χ1v) is 7.65. The fraction of sp³-hybridized carbons (Fsp3) is 0.667. The van der Waals surface area contributed by atoms with E-state index in [4.69, 9.17) is 5.73 Å². The van der Waals surface area contributed by atoms with Gasteiger partial charge in [0.05, 0.1) is 17.2 Å². The molecule has 1 fully saturated rings. The number of nitrogens with zero attached hydrogens (tertiary/aromatic N) is 1. The molecule has 1 aromatic rings. The third-order valence-corrected chi connectivity index (χ3v) is 5.32. The first-order valence-electron chi connectivity index (χ1n) is 4.95. The highest BCUT2D eigenvalue weighted by Crippen LogP contribution is 2.29. The third kappa shape index (κ3) is 2.56. The predicted molar refractivity (Wildman–Crippen MR) is 60.6 cm³/mol. The van der Waals surface area contributed by atoms with Crippen LogP contribution in [-0.2, 0) is 16.4 Å². The lowest BCUT2D eigenvalue weighted by molar-refractivity contribution is 0.545. The van der Waals surface area contributed by atoms with E-state index < -0.39 is 9.84 Å². The monoisotopic (exact) mass is 246 g/mol. The first-order chi connectivity index (χ1) is 7.11. The lowest BCUT2D eigenvalue weighted by atomic mass is 10.0. The Morgan fingerprint density at radius 2 is 2.13 bits per heavy atom. The molecule has 0 saturated carbocycles. The molecule has 1 saturated heterocycles. The van der Waals surface area contributed by atoms with Crippen molar-refractivity contribution in [3.63, 3.8) is 0 Å². The van der Waals surface area contributed by atoms with Crippen LogP contribution in [0.3, 0.4) is 0 Å². The van der Waals surface area contributed by atoms with E-state index in [1.54, 1.807) is 11.3 Å². The highest BCUT2D eigenvalue weighted by atomic mass is 32.2. The van der Waals surface area contributed by atoms with E-state index in [9.17, 15) is 8.42 Å². The molecule has 0 bridgehead atoms. The van der Waals surface area contributed by atoms with Crippen LogP contribution in [0.5, 0.6) is 0 Å². The molecule has 15 heavy (non-hydrogen) atoms. The van der Waals surface area contributed by atoms with Crippen molar-refractivity contribution in [3.8, 4) is 0 Å². The Labute approximate surface area is 93.4 Å². The van der Waals surface area contributed by atoms with Gasteiger partial charge in [0.2, 0.25) is 0 Å². The summed E-state index contributed by atoms with van der Waals surface area (Å²) in [6, 6.07) is 0. The van der Waals surface area contributed by atoms with Crippen molar-refractivity contribution in [1.29, 1.82) is 0 Å². The van der Waals surface area contributed by atoms with Gasteiger partial charge in [-0.1, -0.05) is 0 Å². The summed E-state index contributed by atoms with van der Waals surface area (Å²) in [4.78, 5) is 4.40. The van der Waals surface area contributed by atoms with Crippen molar-refractivity contribution < 1.29 is 8.42 Å².